The van der Waals surface area contributed by atoms with E-state index in [0.717, 1.165) is 17.0 Å². The van der Waals surface area contributed by atoms with Crippen LogP contribution in [0.1, 0.15) is 23.0 Å². The van der Waals surface area contributed by atoms with E-state index in [1.807, 2.05) is 60.0 Å². The van der Waals surface area contributed by atoms with Gasteiger partial charge in [-0.3, -0.25) is 4.79 Å². The molecule has 0 aliphatic rings. The van der Waals surface area contributed by atoms with Gasteiger partial charge in [-0.25, -0.2) is 4.98 Å². The van der Waals surface area contributed by atoms with Crippen molar-refractivity contribution in [3.63, 3.8) is 0 Å². The number of hydrogen-bond acceptors (Lipinski definition) is 3. The van der Waals surface area contributed by atoms with Crippen LogP contribution in [0, 0.1) is 0 Å². The Labute approximate surface area is 128 Å². The van der Waals surface area contributed by atoms with Crippen LogP contribution in [-0.4, -0.2) is 21.9 Å². The minimum Gasteiger partial charge on any atom is -0.494 e. The van der Waals surface area contributed by atoms with E-state index in [-0.39, 0.29) is 5.91 Å². The van der Waals surface area contributed by atoms with Gasteiger partial charge in [-0.2, -0.15) is 0 Å². The average Bonchev–Trinajstić information content (AvgIpc) is 2.98. The molecule has 1 amide bonds. The average molecular weight is 295 g/mol. The number of fused-ring (bicyclic) bond motifs is 1. The Hall–Kier alpha value is -2.82. The van der Waals surface area contributed by atoms with Crippen LogP contribution in [0.3, 0.4) is 0 Å². The molecule has 2 aromatic heterocycles. The van der Waals surface area contributed by atoms with E-state index in [1.54, 1.807) is 6.20 Å². The molecule has 2 heterocycles. The van der Waals surface area contributed by atoms with Gasteiger partial charge in [-0.1, -0.05) is 24.3 Å². The lowest BCUT2D eigenvalue weighted by Gasteiger charge is -2.10. The standard InChI is InChI=1S/C17H17N3O2/c1-2-22-15-8-4-3-7-13(15)11-18-17(21)14-12-20-10-6-5-9-16(20)19-14/h3-10,12H,2,11H2,1H3,(H,18,21). The van der Waals surface area contributed by atoms with Crippen LogP contribution >= 0.6 is 0 Å². The number of para-hydroxylation sites is 1. The fraction of sp³-hybridized carbons (Fsp3) is 0.176. The Kier molecular flexibility index (Phi) is 4.05. The van der Waals surface area contributed by atoms with E-state index in [4.69, 9.17) is 4.74 Å². The molecular weight excluding hydrogens is 278 g/mol. The summed E-state index contributed by atoms with van der Waals surface area (Å²) in [6.45, 7) is 2.94. The van der Waals surface area contributed by atoms with Crippen molar-refractivity contribution < 1.29 is 9.53 Å². The van der Waals surface area contributed by atoms with Crippen LogP contribution < -0.4 is 10.1 Å². The first-order valence-corrected chi connectivity index (χ1v) is 7.20. The summed E-state index contributed by atoms with van der Waals surface area (Å²) in [5.74, 6) is 0.593. The number of rotatable bonds is 5. The summed E-state index contributed by atoms with van der Waals surface area (Å²) in [6.07, 6.45) is 3.59. The van der Waals surface area contributed by atoms with E-state index in [0.29, 0.717) is 18.8 Å². The summed E-state index contributed by atoms with van der Waals surface area (Å²) < 4.78 is 7.37. The third-order valence-corrected chi connectivity index (χ3v) is 3.31. The Morgan fingerprint density at radius 2 is 2.05 bits per heavy atom. The SMILES string of the molecule is CCOc1ccccc1CNC(=O)c1cn2ccccc2n1. The number of benzene rings is 1. The summed E-state index contributed by atoms with van der Waals surface area (Å²) in [4.78, 5) is 16.5. The monoisotopic (exact) mass is 295 g/mol. The predicted octanol–water partition coefficient (Wildman–Crippen LogP) is 2.66. The number of pyridine rings is 1. The quantitative estimate of drug-likeness (QED) is 0.787. The topological polar surface area (TPSA) is 55.6 Å². The molecule has 22 heavy (non-hydrogen) atoms. The molecular formula is C17H17N3O2. The highest BCUT2D eigenvalue weighted by atomic mass is 16.5. The Morgan fingerprint density at radius 3 is 2.86 bits per heavy atom. The van der Waals surface area contributed by atoms with Gasteiger partial charge in [0.2, 0.25) is 0 Å². The minimum atomic E-state index is -0.199. The number of nitrogens with one attached hydrogen (secondary N) is 1. The van der Waals surface area contributed by atoms with Crippen LogP contribution in [0.15, 0.2) is 54.9 Å². The van der Waals surface area contributed by atoms with Gasteiger partial charge in [0.15, 0.2) is 0 Å². The lowest BCUT2D eigenvalue weighted by Crippen LogP contribution is -2.23. The summed E-state index contributed by atoms with van der Waals surface area (Å²) in [5.41, 5.74) is 2.10. The van der Waals surface area contributed by atoms with Gasteiger partial charge in [0.1, 0.15) is 17.1 Å². The van der Waals surface area contributed by atoms with Crippen LogP contribution in [-0.2, 0) is 6.54 Å². The smallest absolute Gasteiger partial charge is 0.271 e. The molecule has 3 aromatic rings. The van der Waals surface area contributed by atoms with E-state index < -0.39 is 0 Å². The van der Waals surface area contributed by atoms with Crippen molar-refractivity contribution in [2.75, 3.05) is 6.61 Å². The minimum absolute atomic E-state index is 0.199. The van der Waals surface area contributed by atoms with E-state index in [9.17, 15) is 4.79 Å². The zero-order valence-corrected chi connectivity index (χ0v) is 12.3. The molecule has 5 nitrogen and oxygen atoms in total. The molecule has 0 saturated carbocycles. The largest absolute Gasteiger partial charge is 0.494 e. The normalized spacial score (nSPS) is 10.6. The van der Waals surface area contributed by atoms with E-state index in [2.05, 4.69) is 10.3 Å². The maximum atomic E-state index is 12.2. The fourth-order valence-corrected chi connectivity index (χ4v) is 2.26. The summed E-state index contributed by atoms with van der Waals surface area (Å²) in [6, 6.07) is 13.3. The molecule has 0 unspecified atom stereocenters. The lowest BCUT2D eigenvalue weighted by molar-refractivity contribution is 0.0946. The predicted molar refractivity (Wildman–Crippen MR) is 84.0 cm³/mol. The fourth-order valence-electron chi connectivity index (χ4n) is 2.26. The van der Waals surface area contributed by atoms with Crippen LogP contribution in [0.5, 0.6) is 5.75 Å². The van der Waals surface area contributed by atoms with Gasteiger partial charge in [0.25, 0.3) is 5.91 Å². The molecule has 3 rings (SSSR count). The molecule has 1 N–H and O–H groups in total. The second kappa shape index (κ2) is 6.30. The van der Waals surface area contributed by atoms with Gasteiger partial charge >= 0.3 is 0 Å². The lowest BCUT2D eigenvalue weighted by atomic mass is 10.2. The molecule has 5 heteroatoms. The Morgan fingerprint density at radius 1 is 1.23 bits per heavy atom. The highest BCUT2D eigenvalue weighted by Gasteiger charge is 2.11. The van der Waals surface area contributed by atoms with E-state index >= 15 is 0 Å². The van der Waals surface area contributed by atoms with Crippen molar-refractivity contribution >= 4 is 11.6 Å². The molecule has 112 valence electrons. The third-order valence-electron chi connectivity index (χ3n) is 3.31. The number of carbonyl (C=O) groups excluding carboxylic acids is 1. The number of hydrogen-bond donors (Lipinski definition) is 1. The molecule has 0 atom stereocenters. The summed E-state index contributed by atoms with van der Waals surface area (Å²) in [7, 11) is 0. The van der Waals surface area contributed by atoms with Crippen LogP contribution in [0.4, 0.5) is 0 Å². The van der Waals surface area contributed by atoms with Gasteiger partial charge in [0.05, 0.1) is 6.61 Å². The third kappa shape index (κ3) is 2.93. The van der Waals surface area contributed by atoms with Crippen molar-refractivity contribution in [3.05, 3.63) is 66.1 Å². The number of amides is 1. The zero-order valence-electron chi connectivity index (χ0n) is 12.3. The molecule has 0 fully saturated rings. The van der Waals surface area contributed by atoms with Gasteiger partial charge < -0.3 is 14.5 Å². The van der Waals surface area contributed by atoms with E-state index in [1.165, 1.54) is 0 Å². The maximum Gasteiger partial charge on any atom is 0.271 e. The van der Waals surface area contributed by atoms with Gasteiger partial charge in [-0.05, 0) is 25.1 Å². The molecule has 0 radical (unpaired) electrons. The number of imidazole rings is 1. The zero-order chi connectivity index (χ0) is 15.4. The first-order chi connectivity index (χ1) is 10.8. The first-order valence-electron chi connectivity index (χ1n) is 7.20. The van der Waals surface area contributed by atoms with Crippen LogP contribution in [0.2, 0.25) is 0 Å². The summed E-state index contributed by atoms with van der Waals surface area (Å²) in [5, 5.41) is 2.88. The summed E-state index contributed by atoms with van der Waals surface area (Å²) >= 11 is 0. The molecule has 0 spiro atoms. The van der Waals surface area contributed by atoms with Crippen molar-refractivity contribution in [1.82, 2.24) is 14.7 Å². The van der Waals surface area contributed by atoms with Crippen molar-refractivity contribution in [2.24, 2.45) is 0 Å². The molecule has 0 aliphatic carbocycles. The molecule has 0 saturated heterocycles. The maximum absolute atomic E-state index is 12.2. The van der Waals surface area contributed by atoms with Crippen LogP contribution in [0.25, 0.3) is 5.65 Å². The number of carbonyl (C=O) groups is 1. The van der Waals surface area contributed by atoms with Crippen molar-refractivity contribution in [1.29, 1.82) is 0 Å². The van der Waals surface area contributed by atoms with Crippen molar-refractivity contribution in [2.45, 2.75) is 13.5 Å². The molecule has 0 bridgehead atoms. The molecule has 1 aromatic carbocycles. The number of aromatic nitrogens is 2. The molecule has 0 aliphatic heterocycles. The number of ether oxygens (including phenoxy) is 1. The Balaban J connectivity index is 1.72. The highest BCUT2D eigenvalue weighted by molar-refractivity contribution is 5.92. The first kappa shape index (κ1) is 14.1. The number of nitrogens with zero attached hydrogens (tertiary/aromatic N) is 2. The second-order valence-electron chi connectivity index (χ2n) is 4.82. The second-order valence-corrected chi connectivity index (χ2v) is 4.82. The van der Waals surface area contributed by atoms with Crippen molar-refractivity contribution in [3.8, 4) is 5.75 Å². The van der Waals surface area contributed by atoms with Gasteiger partial charge in [0, 0.05) is 24.5 Å². The van der Waals surface area contributed by atoms with Gasteiger partial charge in [-0.15, -0.1) is 0 Å². The highest BCUT2D eigenvalue weighted by Crippen LogP contribution is 2.17. The Bertz CT molecular complexity index is 762.